The van der Waals surface area contributed by atoms with E-state index in [0.717, 1.165) is 0 Å². The highest BCUT2D eigenvalue weighted by atomic mass is 19.3. The average molecular weight is 267 g/mol. The van der Waals surface area contributed by atoms with Crippen LogP contribution in [0.1, 0.15) is 0 Å². The molecule has 0 saturated carbocycles. The Morgan fingerprint density at radius 1 is 1.58 bits per heavy atom. The van der Waals surface area contributed by atoms with Crippen LogP contribution in [0.4, 0.5) is 14.5 Å². The molecule has 0 saturated heterocycles. The van der Waals surface area contributed by atoms with Crippen LogP contribution >= 0.6 is 0 Å². The van der Waals surface area contributed by atoms with Crippen molar-refractivity contribution in [2.24, 2.45) is 10.8 Å². The van der Waals surface area contributed by atoms with Crippen molar-refractivity contribution in [3.8, 4) is 11.8 Å². The molecule has 19 heavy (non-hydrogen) atoms. The summed E-state index contributed by atoms with van der Waals surface area (Å²) in [5.74, 6) is -0.234. The quantitative estimate of drug-likeness (QED) is 0.413. The molecule has 1 rings (SSSR count). The van der Waals surface area contributed by atoms with Gasteiger partial charge in [-0.15, -0.1) is 0 Å². The molecule has 0 fully saturated rings. The summed E-state index contributed by atoms with van der Waals surface area (Å²) in [6.45, 7) is -0.705. The van der Waals surface area contributed by atoms with Crippen molar-refractivity contribution in [2.75, 3.05) is 12.0 Å². The first kappa shape index (κ1) is 14.4. The van der Waals surface area contributed by atoms with Gasteiger partial charge in [0.2, 0.25) is 5.71 Å². The van der Waals surface area contributed by atoms with E-state index in [9.17, 15) is 8.78 Å². The standard InChI is InChI=1S/C11H11F2N5O/c12-10(13)6-19-8-3-1-2-7(4-8)17-18-9(5-14)11(15)16/h1-4,10,17H,6H2,(H3,15,16)/b18-9+. The molecule has 0 aliphatic heterocycles. The van der Waals surface area contributed by atoms with Gasteiger partial charge in [0.25, 0.3) is 6.43 Å². The lowest BCUT2D eigenvalue weighted by Gasteiger charge is -2.07. The number of nitriles is 1. The summed E-state index contributed by atoms with van der Waals surface area (Å²) in [5.41, 5.74) is 7.72. The van der Waals surface area contributed by atoms with Crippen LogP contribution in [0.2, 0.25) is 0 Å². The number of ether oxygens (including phenoxy) is 1. The molecule has 1 aromatic rings. The van der Waals surface area contributed by atoms with Gasteiger partial charge in [0.05, 0.1) is 5.69 Å². The first-order valence-electron chi connectivity index (χ1n) is 5.12. The van der Waals surface area contributed by atoms with E-state index in [1.54, 1.807) is 18.2 Å². The summed E-state index contributed by atoms with van der Waals surface area (Å²) in [5, 5.41) is 19.3. The lowest BCUT2D eigenvalue weighted by Crippen LogP contribution is -2.21. The topological polar surface area (TPSA) is 107 Å². The molecule has 0 aliphatic carbocycles. The second-order valence-electron chi connectivity index (χ2n) is 3.33. The highest BCUT2D eigenvalue weighted by molar-refractivity contribution is 6.45. The second kappa shape index (κ2) is 6.90. The van der Waals surface area contributed by atoms with Crippen LogP contribution in [0.25, 0.3) is 0 Å². The van der Waals surface area contributed by atoms with Crippen molar-refractivity contribution in [2.45, 2.75) is 6.43 Å². The molecule has 0 bridgehead atoms. The molecule has 0 aliphatic rings. The Morgan fingerprint density at radius 3 is 2.89 bits per heavy atom. The number of nitrogens with zero attached hydrogens (tertiary/aromatic N) is 2. The highest BCUT2D eigenvalue weighted by Crippen LogP contribution is 2.17. The van der Waals surface area contributed by atoms with Gasteiger partial charge in [0.1, 0.15) is 18.4 Å². The van der Waals surface area contributed by atoms with Crippen molar-refractivity contribution in [1.29, 1.82) is 10.7 Å². The Kier molecular flexibility index (Phi) is 5.22. The summed E-state index contributed by atoms with van der Waals surface area (Å²) < 4.78 is 28.8. The van der Waals surface area contributed by atoms with Crippen molar-refractivity contribution in [1.82, 2.24) is 0 Å². The Labute approximate surface area is 108 Å². The maximum Gasteiger partial charge on any atom is 0.272 e. The number of benzene rings is 1. The third-order valence-corrected chi connectivity index (χ3v) is 1.87. The first-order valence-corrected chi connectivity index (χ1v) is 5.12. The van der Waals surface area contributed by atoms with Crippen LogP contribution in [0.15, 0.2) is 29.4 Å². The zero-order chi connectivity index (χ0) is 14.3. The van der Waals surface area contributed by atoms with Gasteiger partial charge in [-0.1, -0.05) is 6.07 Å². The van der Waals surface area contributed by atoms with Gasteiger partial charge < -0.3 is 10.5 Å². The van der Waals surface area contributed by atoms with Gasteiger partial charge in [-0.25, -0.2) is 8.78 Å². The fourth-order valence-electron chi connectivity index (χ4n) is 1.08. The largest absolute Gasteiger partial charge is 0.488 e. The number of hydrogen-bond donors (Lipinski definition) is 3. The molecule has 0 amide bonds. The minimum atomic E-state index is -2.56. The van der Waals surface area contributed by atoms with Crippen LogP contribution < -0.4 is 15.9 Å². The normalized spacial score (nSPS) is 10.9. The summed E-state index contributed by atoms with van der Waals surface area (Å²) in [6, 6.07) is 7.73. The molecule has 6 nitrogen and oxygen atoms in total. The molecule has 100 valence electrons. The number of amidine groups is 1. The second-order valence-corrected chi connectivity index (χ2v) is 3.33. The Bertz CT molecular complexity index is 524. The Hall–Kier alpha value is -2.69. The zero-order valence-electron chi connectivity index (χ0n) is 9.73. The molecular weight excluding hydrogens is 256 g/mol. The van der Waals surface area contributed by atoms with Gasteiger partial charge in [0, 0.05) is 6.07 Å². The Morgan fingerprint density at radius 2 is 2.32 bits per heavy atom. The summed E-state index contributed by atoms with van der Waals surface area (Å²) in [6.07, 6.45) is -2.56. The summed E-state index contributed by atoms with van der Waals surface area (Å²) in [7, 11) is 0. The molecule has 0 atom stereocenters. The number of hydrazone groups is 1. The minimum absolute atomic E-state index is 0.238. The predicted octanol–water partition coefficient (Wildman–Crippen LogP) is 1.56. The number of hydrogen-bond acceptors (Lipinski definition) is 5. The molecule has 1 aromatic carbocycles. The number of nitrogens with two attached hydrogens (primary N) is 1. The maximum absolute atomic E-state index is 12.0. The number of alkyl halides is 2. The van der Waals surface area contributed by atoms with E-state index >= 15 is 0 Å². The van der Waals surface area contributed by atoms with Crippen LogP contribution in [-0.4, -0.2) is 24.6 Å². The molecule has 0 heterocycles. The molecular formula is C11H11F2N5O. The van der Waals surface area contributed by atoms with Crippen LogP contribution in [-0.2, 0) is 0 Å². The van der Waals surface area contributed by atoms with E-state index in [1.165, 1.54) is 12.1 Å². The third-order valence-electron chi connectivity index (χ3n) is 1.87. The van der Waals surface area contributed by atoms with E-state index in [0.29, 0.717) is 5.69 Å². The Balaban J connectivity index is 2.72. The lowest BCUT2D eigenvalue weighted by molar-refractivity contribution is 0.0819. The molecule has 8 heteroatoms. The van der Waals surface area contributed by atoms with Crippen LogP contribution in [0.5, 0.6) is 5.75 Å². The van der Waals surface area contributed by atoms with Gasteiger partial charge in [0.15, 0.2) is 5.84 Å². The van der Waals surface area contributed by atoms with Gasteiger partial charge in [-0.05, 0) is 12.1 Å². The molecule has 4 N–H and O–H groups in total. The van der Waals surface area contributed by atoms with E-state index < -0.39 is 18.9 Å². The van der Waals surface area contributed by atoms with Crippen molar-refractivity contribution in [3.63, 3.8) is 0 Å². The minimum Gasteiger partial charge on any atom is -0.488 e. The summed E-state index contributed by atoms with van der Waals surface area (Å²) in [4.78, 5) is 0. The monoisotopic (exact) mass is 267 g/mol. The maximum atomic E-state index is 12.0. The van der Waals surface area contributed by atoms with E-state index in [4.69, 9.17) is 21.1 Å². The van der Waals surface area contributed by atoms with Gasteiger partial charge in [-0.2, -0.15) is 10.4 Å². The molecule has 0 unspecified atom stereocenters. The predicted molar refractivity (Wildman–Crippen MR) is 66.5 cm³/mol. The zero-order valence-corrected chi connectivity index (χ0v) is 9.73. The number of rotatable bonds is 6. The van der Waals surface area contributed by atoms with E-state index in [-0.39, 0.29) is 11.5 Å². The van der Waals surface area contributed by atoms with Crippen molar-refractivity contribution in [3.05, 3.63) is 24.3 Å². The molecule has 0 radical (unpaired) electrons. The fraction of sp³-hybridized carbons (Fsp3) is 0.182. The first-order chi connectivity index (χ1) is 9.02. The third kappa shape index (κ3) is 4.99. The number of anilines is 1. The van der Waals surface area contributed by atoms with E-state index in [2.05, 4.69) is 10.5 Å². The lowest BCUT2D eigenvalue weighted by atomic mass is 10.3. The van der Waals surface area contributed by atoms with Gasteiger partial charge >= 0.3 is 0 Å². The SMILES string of the molecule is N#C/C(=N\Nc1cccc(OCC(F)F)c1)C(=N)N. The molecule has 0 spiro atoms. The fourth-order valence-corrected chi connectivity index (χ4v) is 1.08. The molecule has 0 aromatic heterocycles. The highest BCUT2D eigenvalue weighted by Gasteiger charge is 2.04. The average Bonchev–Trinajstić information content (AvgIpc) is 2.37. The van der Waals surface area contributed by atoms with E-state index in [1.807, 2.05) is 0 Å². The van der Waals surface area contributed by atoms with Crippen LogP contribution in [0.3, 0.4) is 0 Å². The van der Waals surface area contributed by atoms with Gasteiger partial charge in [-0.3, -0.25) is 10.8 Å². The van der Waals surface area contributed by atoms with Crippen molar-refractivity contribution >= 4 is 17.2 Å². The van der Waals surface area contributed by atoms with Crippen LogP contribution in [0, 0.1) is 16.7 Å². The van der Waals surface area contributed by atoms with Crippen molar-refractivity contribution < 1.29 is 13.5 Å². The number of halogens is 2. The summed E-state index contributed by atoms with van der Waals surface area (Å²) >= 11 is 0. The number of nitrogens with one attached hydrogen (secondary N) is 2. The smallest absolute Gasteiger partial charge is 0.272 e.